The van der Waals surface area contributed by atoms with Crippen molar-refractivity contribution in [3.8, 4) is 0 Å². The fourth-order valence-electron chi connectivity index (χ4n) is 2.95. The number of hydrogen-bond acceptors (Lipinski definition) is 6. The summed E-state index contributed by atoms with van der Waals surface area (Å²) >= 11 is 6.01. The summed E-state index contributed by atoms with van der Waals surface area (Å²) in [5.41, 5.74) is 0.426. The van der Waals surface area contributed by atoms with Crippen LogP contribution in [0.2, 0.25) is 5.02 Å². The highest BCUT2D eigenvalue weighted by Gasteiger charge is 2.18. The number of nitrogens with zero attached hydrogens (tertiary/aromatic N) is 3. The van der Waals surface area contributed by atoms with Gasteiger partial charge >= 0.3 is 0 Å². The second kappa shape index (κ2) is 7.72. The second-order valence-electron chi connectivity index (χ2n) is 6.86. The third-order valence-corrected chi connectivity index (χ3v) is 6.47. The molecule has 0 spiro atoms. The molecule has 3 aromatic rings. The second-order valence-corrected chi connectivity index (χ2v) is 9.54. The molecule has 1 aromatic carbocycles. The Morgan fingerprint density at radius 1 is 1.28 bits per heavy atom. The van der Waals surface area contributed by atoms with Crippen LogP contribution in [-0.2, 0) is 9.84 Å². The zero-order valence-corrected chi connectivity index (χ0v) is 17.9. The topological polar surface area (TPSA) is 94.0 Å². The van der Waals surface area contributed by atoms with E-state index >= 15 is 0 Å². The van der Waals surface area contributed by atoms with Gasteiger partial charge in [0, 0.05) is 17.6 Å². The number of aromatic nitrogens is 3. The minimum absolute atomic E-state index is 0.0603. The maximum Gasteiger partial charge on any atom is 0.271 e. The number of aryl methyl sites for hydroxylation is 1. The Balaban J connectivity index is 2.11. The molecule has 154 valence electrons. The molecule has 2 heterocycles. The highest BCUT2D eigenvalue weighted by molar-refractivity contribution is 7.91. The third kappa shape index (κ3) is 3.97. The first-order chi connectivity index (χ1) is 13.5. The predicted octanol–water partition coefficient (Wildman–Crippen LogP) is 4.01. The van der Waals surface area contributed by atoms with Gasteiger partial charge in [0.25, 0.3) is 5.56 Å². The number of nitrogens with one attached hydrogen (secondary N) is 1. The van der Waals surface area contributed by atoms with Gasteiger partial charge in [0.1, 0.15) is 16.5 Å². The average Bonchev–Trinajstić information content (AvgIpc) is 2.65. The smallest absolute Gasteiger partial charge is 0.271 e. The van der Waals surface area contributed by atoms with Crippen LogP contribution in [-0.4, -0.2) is 28.7 Å². The van der Waals surface area contributed by atoms with Crippen LogP contribution in [0.5, 0.6) is 0 Å². The lowest BCUT2D eigenvalue weighted by Gasteiger charge is -2.15. The SMILES string of the molecule is CCS(=O)(=O)c1cc(C)c(Nc2ncc3cc(Cl)c(=O)n(C(C)C)c3n2)c(F)c1. The molecule has 0 aliphatic heterocycles. The van der Waals surface area contributed by atoms with Gasteiger partial charge in [0.05, 0.1) is 16.3 Å². The molecule has 0 saturated heterocycles. The third-order valence-electron chi connectivity index (χ3n) is 4.48. The van der Waals surface area contributed by atoms with Crippen LogP contribution in [0.25, 0.3) is 11.0 Å². The fraction of sp³-hybridized carbons (Fsp3) is 0.316. The Kier molecular flexibility index (Phi) is 5.64. The molecule has 2 aromatic heterocycles. The Labute approximate surface area is 172 Å². The molecule has 0 amide bonds. The normalized spacial score (nSPS) is 12.0. The van der Waals surface area contributed by atoms with Crippen molar-refractivity contribution in [3.63, 3.8) is 0 Å². The molecule has 1 N–H and O–H groups in total. The molecule has 10 heteroatoms. The van der Waals surface area contributed by atoms with Crippen LogP contribution in [0.3, 0.4) is 0 Å². The maximum atomic E-state index is 14.6. The molecule has 0 atom stereocenters. The number of hydrogen-bond donors (Lipinski definition) is 1. The number of halogens is 2. The number of pyridine rings is 1. The first kappa shape index (κ1) is 21.2. The molecule has 0 aliphatic rings. The Morgan fingerprint density at radius 2 is 1.97 bits per heavy atom. The van der Waals surface area contributed by atoms with Crippen molar-refractivity contribution in [2.45, 2.75) is 38.6 Å². The average molecular weight is 439 g/mol. The molecule has 29 heavy (non-hydrogen) atoms. The summed E-state index contributed by atoms with van der Waals surface area (Å²) in [6.45, 7) is 6.73. The molecule has 0 bridgehead atoms. The summed E-state index contributed by atoms with van der Waals surface area (Å²) in [5.74, 6) is -0.790. The van der Waals surface area contributed by atoms with Crippen LogP contribution >= 0.6 is 11.6 Å². The molecule has 0 unspecified atom stereocenters. The van der Waals surface area contributed by atoms with E-state index in [0.29, 0.717) is 16.6 Å². The van der Waals surface area contributed by atoms with E-state index in [1.165, 1.54) is 29.8 Å². The highest BCUT2D eigenvalue weighted by atomic mass is 35.5. The van der Waals surface area contributed by atoms with Crippen molar-refractivity contribution in [2.75, 3.05) is 11.1 Å². The monoisotopic (exact) mass is 438 g/mol. The van der Waals surface area contributed by atoms with Crippen molar-refractivity contribution in [3.05, 3.63) is 51.2 Å². The lowest BCUT2D eigenvalue weighted by molar-refractivity contribution is 0.592. The molecule has 0 fully saturated rings. The van der Waals surface area contributed by atoms with E-state index in [9.17, 15) is 17.6 Å². The number of anilines is 2. The van der Waals surface area contributed by atoms with Crippen molar-refractivity contribution >= 4 is 44.1 Å². The van der Waals surface area contributed by atoms with Crippen molar-refractivity contribution in [1.29, 1.82) is 0 Å². The number of benzene rings is 1. The van der Waals surface area contributed by atoms with Crippen LogP contribution in [0.1, 0.15) is 32.4 Å². The Hall–Kier alpha value is -2.52. The van der Waals surface area contributed by atoms with E-state index < -0.39 is 15.7 Å². The van der Waals surface area contributed by atoms with E-state index in [-0.39, 0.29) is 38.9 Å². The van der Waals surface area contributed by atoms with Gasteiger partial charge in [-0.1, -0.05) is 18.5 Å². The van der Waals surface area contributed by atoms with E-state index in [4.69, 9.17) is 11.6 Å². The first-order valence-electron chi connectivity index (χ1n) is 8.93. The van der Waals surface area contributed by atoms with Gasteiger partial charge in [0.2, 0.25) is 5.95 Å². The highest BCUT2D eigenvalue weighted by Crippen LogP contribution is 2.27. The molecule has 3 rings (SSSR count). The van der Waals surface area contributed by atoms with Crippen molar-refractivity contribution in [1.82, 2.24) is 14.5 Å². The molecular formula is C19H20ClFN4O3S. The predicted molar refractivity (Wildman–Crippen MR) is 111 cm³/mol. The quantitative estimate of drug-likeness (QED) is 0.646. The van der Waals surface area contributed by atoms with Gasteiger partial charge in [-0.2, -0.15) is 4.98 Å². The van der Waals surface area contributed by atoms with Gasteiger partial charge in [-0.05, 0) is 44.5 Å². The van der Waals surface area contributed by atoms with E-state index in [1.807, 2.05) is 13.8 Å². The van der Waals surface area contributed by atoms with Gasteiger partial charge in [-0.25, -0.2) is 17.8 Å². The summed E-state index contributed by atoms with van der Waals surface area (Å²) in [5, 5.41) is 3.41. The molecular weight excluding hydrogens is 419 g/mol. The summed E-state index contributed by atoms with van der Waals surface area (Å²) in [7, 11) is -3.54. The van der Waals surface area contributed by atoms with Gasteiger partial charge in [-0.15, -0.1) is 0 Å². The number of rotatable bonds is 5. The number of sulfone groups is 1. The zero-order valence-electron chi connectivity index (χ0n) is 16.3. The lowest BCUT2D eigenvalue weighted by atomic mass is 10.2. The van der Waals surface area contributed by atoms with Crippen molar-refractivity contribution < 1.29 is 12.8 Å². The standard InChI is InChI=1S/C19H20ClFN4O3S/c1-5-29(27,28)13-6-11(4)16(15(21)8-13)23-19-22-9-12-7-14(20)18(26)25(10(2)3)17(12)24-19/h6-10H,5H2,1-4H3,(H,22,23,24). The van der Waals surface area contributed by atoms with Gasteiger partial charge < -0.3 is 5.32 Å². The summed E-state index contributed by atoms with van der Waals surface area (Å²) in [6, 6.07) is 3.65. The van der Waals surface area contributed by atoms with Crippen molar-refractivity contribution in [2.24, 2.45) is 0 Å². The molecule has 0 aliphatic carbocycles. The van der Waals surface area contributed by atoms with Crippen LogP contribution in [0, 0.1) is 12.7 Å². The minimum atomic E-state index is -3.54. The Morgan fingerprint density at radius 3 is 2.55 bits per heavy atom. The zero-order chi connectivity index (χ0) is 21.5. The van der Waals surface area contributed by atoms with Crippen LogP contribution in [0.15, 0.2) is 34.1 Å². The first-order valence-corrected chi connectivity index (χ1v) is 11.0. The molecule has 7 nitrogen and oxygen atoms in total. The fourth-order valence-corrected chi connectivity index (χ4v) is 4.14. The van der Waals surface area contributed by atoms with E-state index in [2.05, 4.69) is 15.3 Å². The number of fused-ring (bicyclic) bond motifs is 1. The summed E-state index contributed by atoms with van der Waals surface area (Å²) in [4.78, 5) is 20.8. The van der Waals surface area contributed by atoms with E-state index in [1.54, 1.807) is 6.92 Å². The summed E-state index contributed by atoms with van der Waals surface area (Å²) in [6.07, 6.45) is 1.48. The van der Waals surface area contributed by atoms with Crippen LogP contribution in [0.4, 0.5) is 16.0 Å². The van der Waals surface area contributed by atoms with E-state index in [0.717, 1.165) is 6.07 Å². The molecule has 0 radical (unpaired) electrons. The minimum Gasteiger partial charge on any atom is -0.321 e. The molecule has 0 saturated carbocycles. The van der Waals surface area contributed by atoms with Gasteiger partial charge in [0.15, 0.2) is 9.84 Å². The maximum absolute atomic E-state index is 14.6. The van der Waals surface area contributed by atoms with Crippen LogP contribution < -0.4 is 10.9 Å². The largest absolute Gasteiger partial charge is 0.321 e. The lowest BCUT2D eigenvalue weighted by Crippen LogP contribution is -2.23. The Bertz CT molecular complexity index is 1250. The van der Waals surface area contributed by atoms with Gasteiger partial charge in [-0.3, -0.25) is 9.36 Å². The summed E-state index contributed by atoms with van der Waals surface area (Å²) < 4.78 is 40.1.